The van der Waals surface area contributed by atoms with E-state index in [-0.39, 0.29) is 0 Å². The Kier molecular flexibility index (Phi) is 1.98. The summed E-state index contributed by atoms with van der Waals surface area (Å²) in [4.78, 5) is 0. The summed E-state index contributed by atoms with van der Waals surface area (Å²) in [5.41, 5.74) is 2.60. The molecule has 0 bridgehead atoms. The summed E-state index contributed by atoms with van der Waals surface area (Å²) in [5, 5.41) is 11.8. The standard InChI is InChI=1S/C11H15N3/c1-2-9(1)13-10-3-4-11-8(7-10)5-6-12-14-11/h5-6,9-10,13H,1-4,7H2. The van der Waals surface area contributed by atoms with Gasteiger partial charge in [-0.2, -0.15) is 10.2 Å². The molecule has 1 N–H and O–H groups in total. The summed E-state index contributed by atoms with van der Waals surface area (Å²) in [6.07, 6.45) is 8.01. The molecule has 3 nitrogen and oxygen atoms in total. The largest absolute Gasteiger partial charge is 0.311 e. The first-order valence-corrected chi connectivity index (χ1v) is 5.47. The van der Waals surface area contributed by atoms with Gasteiger partial charge in [0, 0.05) is 18.3 Å². The van der Waals surface area contributed by atoms with Gasteiger partial charge in [-0.3, -0.25) is 0 Å². The topological polar surface area (TPSA) is 37.8 Å². The first-order chi connectivity index (χ1) is 6.92. The van der Waals surface area contributed by atoms with Gasteiger partial charge in [0.2, 0.25) is 0 Å². The van der Waals surface area contributed by atoms with Crippen molar-refractivity contribution in [3.63, 3.8) is 0 Å². The van der Waals surface area contributed by atoms with Crippen LogP contribution in [0.1, 0.15) is 30.5 Å². The second-order valence-electron chi connectivity index (χ2n) is 4.38. The van der Waals surface area contributed by atoms with Crippen molar-refractivity contribution in [2.75, 3.05) is 0 Å². The second-order valence-corrected chi connectivity index (χ2v) is 4.38. The van der Waals surface area contributed by atoms with Gasteiger partial charge < -0.3 is 5.32 Å². The Balaban J connectivity index is 1.72. The summed E-state index contributed by atoms with van der Waals surface area (Å²) in [5.74, 6) is 0. The maximum atomic E-state index is 4.17. The van der Waals surface area contributed by atoms with E-state index >= 15 is 0 Å². The molecule has 1 unspecified atom stereocenters. The van der Waals surface area contributed by atoms with Gasteiger partial charge in [-0.15, -0.1) is 0 Å². The molecule has 0 amide bonds. The molecular weight excluding hydrogens is 174 g/mol. The monoisotopic (exact) mass is 189 g/mol. The number of aromatic nitrogens is 2. The van der Waals surface area contributed by atoms with Crippen molar-refractivity contribution in [3.8, 4) is 0 Å². The zero-order valence-electron chi connectivity index (χ0n) is 8.24. The molecule has 1 heterocycles. The highest BCUT2D eigenvalue weighted by molar-refractivity contribution is 5.22. The van der Waals surface area contributed by atoms with Crippen LogP contribution in [0.25, 0.3) is 0 Å². The minimum absolute atomic E-state index is 0.680. The van der Waals surface area contributed by atoms with Crippen LogP contribution in [0.5, 0.6) is 0 Å². The number of hydrogen-bond donors (Lipinski definition) is 1. The molecule has 1 aromatic heterocycles. The fourth-order valence-electron chi connectivity index (χ4n) is 2.19. The fraction of sp³-hybridized carbons (Fsp3) is 0.636. The molecule has 2 aliphatic rings. The molecule has 1 aromatic rings. The molecular formula is C11H15N3. The predicted octanol–water partition coefficient (Wildman–Crippen LogP) is 1.09. The third-order valence-electron chi connectivity index (χ3n) is 3.14. The van der Waals surface area contributed by atoms with E-state index in [1.807, 2.05) is 0 Å². The molecule has 14 heavy (non-hydrogen) atoms. The molecule has 1 fully saturated rings. The summed E-state index contributed by atoms with van der Waals surface area (Å²) in [7, 11) is 0. The Morgan fingerprint density at radius 3 is 3.00 bits per heavy atom. The van der Waals surface area contributed by atoms with Crippen molar-refractivity contribution < 1.29 is 0 Å². The molecule has 1 atom stereocenters. The van der Waals surface area contributed by atoms with Crippen LogP contribution in [0.4, 0.5) is 0 Å². The second kappa shape index (κ2) is 3.31. The number of hydrogen-bond acceptors (Lipinski definition) is 3. The van der Waals surface area contributed by atoms with E-state index in [4.69, 9.17) is 0 Å². The molecule has 74 valence electrons. The quantitative estimate of drug-likeness (QED) is 0.756. The van der Waals surface area contributed by atoms with Crippen molar-refractivity contribution in [2.45, 2.75) is 44.2 Å². The molecule has 0 saturated heterocycles. The third-order valence-corrected chi connectivity index (χ3v) is 3.14. The van der Waals surface area contributed by atoms with Gasteiger partial charge in [0.15, 0.2) is 0 Å². The molecule has 3 heteroatoms. The van der Waals surface area contributed by atoms with Crippen LogP contribution in [-0.4, -0.2) is 22.3 Å². The molecule has 2 aliphatic carbocycles. The van der Waals surface area contributed by atoms with Gasteiger partial charge >= 0.3 is 0 Å². The molecule has 1 saturated carbocycles. The Morgan fingerprint density at radius 1 is 1.21 bits per heavy atom. The normalized spacial score (nSPS) is 25.9. The molecule has 0 aromatic carbocycles. The summed E-state index contributed by atoms with van der Waals surface area (Å²) >= 11 is 0. The average Bonchev–Trinajstić information content (AvgIpc) is 3.02. The van der Waals surface area contributed by atoms with Gasteiger partial charge in [-0.25, -0.2) is 0 Å². The smallest absolute Gasteiger partial charge is 0.0664 e. The van der Waals surface area contributed by atoms with Gasteiger partial charge in [0.25, 0.3) is 0 Å². The molecule has 3 rings (SSSR count). The van der Waals surface area contributed by atoms with Gasteiger partial charge in [0.1, 0.15) is 0 Å². The maximum Gasteiger partial charge on any atom is 0.0664 e. The summed E-state index contributed by atoms with van der Waals surface area (Å²) < 4.78 is 0. The highest BCUT2D eigenvalue weighted by Gasteiger charge is 2.27. The fourth-order valence-corrected chi connectivity index (χ4v) is 2.19. The Labute approximate surface area is 83.9 Å². The van der Waals surface area contributed by atoms with Crippen molar-refractivity contribution in [3.05, 3.63) is 23.5 Å². The Morgan fingerprint density at radius 2 is 2.14 bits per heavy atom. The van der Waals surface area contributed by atoms with Crippen LogP contribution >= 0.6 is 0 Å². The number of nitrogens with one attached hydrogen (secondary N) is 1. The zero-order chi connectivity index (χ0) is 9.38. The number of rotatable bonds is 2. The maximum absolute atomic E-state index is 4.17. The van der Waals surface area contributed by atoms with E-state index in [0.29, 0.717) is 6.04 Å². The van der Waals surface area contributed by atoms with E-state index in [1.165, 1.54) is 30.5 Å². The lowest BCUT2D eigenvalue weighted by molar-refractivity contribution is 0.449. The van der Waals surface area contributed by atoms with Crippen LogP contribution in [-0.2, 0) is 12.8 Å². The number of aryl methyl sites for hydroxylation is 1. The highest BCUT2D eigenvalue weighted by Crippen LogP contribution is 2.24. The van der Waals surface area contributed by atoms with Gasteiger partial charge in [-0.05, 0) is 43.7 Å². The lowest BCUT2D eigenvalue weighted by Gasteiger charge is -2.24. The summed E-state index contributed by atoms with van der Waals surface area (Å²) in [6.45, 7) is 0. The Bertz CT molecular complexity index is 333. The lowest BCUT2D eigenvalue weighted by Crippen LogP contribution is -2.36. The minimum atomic E-state index is 0.680. The SMILES string of the molecule is c1cc2c(nn1)CCC(NC1CC1)C2. The van der Waals surface area contributed by atoms with Crippen LogP contribution < -0.4 is 5.32 Å². The van der Waals surface area contributed by atoms with E-state index in [9.17, 15) is 0 Å². The van der Waals surface area contributed by atoms with Crippen molar-refractivity contribution in [1.82, 2.24) is 15.5 Å². The van der Waals surface area contributed by atoms with Crippen LogP contribution in [0.2, 0.25) is 0 Å². The van der Waals surface area contributed by atoms with Gasteiger partial charge in [-0.1, -0.05) is 0 Å². The van der Waals surface area contributed by atoms with Crippen molar-refractivity contribution in [2.24, 2.45) is 0 Å². The highest BCUT2D eigenvalue weighted by atomic mass is 15.1. The zero-order valence-corrected chi connectivity index (χ0v) is 8.24. The lowest BCUT2D eigenvalue weighted by atomic mass is 9.92. The molecule has 0 aliphatic heterocycles. The first kappa shape index (κ1) is 8.36. The third kappa shape index (κ3) is 1.64. The van der Waals surface area contributed by atoms with E-state index in [2.05, 4.69) is 21.6 Å². The van der Waals surface area contributed by atoms with E-state index < -0.39 is 0 Å². The average molecular weight is 189 g/mol. The van der Waals surface area contributed by atoms with Gasteiger partial charge in [0.05, 0.1) is 5.69 Å². The van der Waals surface area contributed by atoms with Crippen molar-refractivity contribution in [1.29, 1.82) is 0 Å². The van der Waals surface area contributed by atoms with Crippen LogP contribution in [0.15, 0.2) is 12.3 Å². The summed E-state index contributed by atoms with van der Waals surface area (Å²) in [6, 6.07) is 3.61. The predicted molar refractivity (Wildman–Crippen MR) is 54.0 cm³/mol. The van der Waals surface area contributed by atoms with Crippen LogP contribution in [0, 0.1) is 0 Å². The van der Waals surface area contributed by atoms with E-state index in [0.717, 1.165) is 18.9 Å². The van der Waals surface area contributed by atoms with Crippen molar-refractivity contribution >= 4 is 0 Å². The minimum Gasteiger partial charge on any atom is -0.311 e. The first-order valence-electron chi connectivity index (χ1n) is 5.47. The molecule has 0 spiro atoms. The Hall–Kier alpha value is -0.960. The number of fused-ring (bicyclic) bond motifs is 1. The van der Waals surface area contributed by atoms with E-state index in [1.54, 1.807) is 6.20 Å². The molecule has 0 radical (unpaired) electrons. The number of nitrogens with zero attached hydrogens (tertiary/aromatic N) is 2. The van der Waals surface area contributed by atoms with Crippen LogP contribution in [0.3, 0.4) is 0 Å².